The maximum atomic E-state index is 9.82. The van der Waals surface area contributed by atoms with Gasteiger partial charge >= 0.3 is 0 Å². The Labute approximate surface area is 89.1 Å². The van der Waals surface area contributed by atoms with Crippen LogP contribution in [-0.4, -0.2) is 15.7 Å². The summed E-state index contributed by atoms with van der Waals surface area (Å²) >= 11 is 0. The highest BCUT2D eigenvalue weighted by molar-refractivity contribution is 5.89. The monoisotopic (exact) mass is 204 g/mol. The lowest BCUT2D eigenvalue weighted by molar-refractivity contribution is 0.481. The minimum absolute atomic E-state index is 0.107. The molecule has 15 heavy (non-hydrogen) atoms. The van der Waals surface area contributed by atoms with Gasteiger partial charge in [-0.3, -0.25) is 0 Å². The van der Waals surface area contributed by atoms with E-state index in [4.69, 9.17) is 5.73 Å². The summed E-state index contributed by atoms with van der Waals surface area (Å²) < 4.78 is 2.02. The smallest absolute Gasteiger partial charge is 0.125 e. The second-order valence-corrected chi connectivity index (χ2v) is 4.12. The third-order valence-corrected chi connectivity index (χ3v) is 2.61. The summed E-state index contributed by atoms with van der Waals surface area (Å²) in [7, 11) is 1.98. The molecule has 0 saturated heterocycles. The van der Waals surface area contributed by atoms with Gasteiger partial charge in [-0.05, 0) is 31.0 Å². The van der Waals surface area contributed by atoms with Gasteiger partial charge in [-0.15, -0.1) is 0 Å². The van der Waals surface area contributed by atoms with Crippen molar-refractivity contribution < 1.29 is 5.11 Å². The molecular formula is C12H16N2O. The molecule has 0 bridgehead atoms. The molecular weight excluding hydrogens is 188 g/mol. The van der Waals surface area contributed by atoms with Crippen molar-refractivity contribution in [2.75, 3.05) is 0 Å². The molecule has 1 atom stereocenters. The average Bonchev–Trinajstić information content (AvgIpc) is 2.44. The number of hydrogen-bond acceptors (Lipinski definition) is 2. The van der Waals surface area contributed by atoms with Crippen LogP contribution in [0.5, 0.6) is 5.75 Å². The van der Waals surface area contributed by atoms with Crippen LogP contribution in [0.4, 0.5) is 0 Å². The first-order chi connectivity index (χ1) is 7.09. The number of phenolic OH excluding ortho intramolecular Hbond substituents is 1. The Balaban J connectivity index is 2.65. The minimum Gasteiger partial charge on any atom is -0.507 e. The largest absolute Gasteiger partial charge is 0.507 e. The van der Waals surface area contributed by atoms with E-state index in [2.05, 4.69) is 0 Å². The van der Waals surface area contributed by atoms with Crippen LogP contribution in [-0.2, 0) is 13.5 Å². The fourth-order valence-corrected chi connectivity index (χ4v) is 2.02. The molecule has 0 aliphatic carbocycles. The van der Waals surface area contributed by atoms with Crippen LogP contribution in [0.3, 0.4) is 0 Å². The quantitative estimate of drug-likeness (QED) is 0.783. The predicted octanol–water partition coefficient (Wildman–Crippen LogP) is 1.77. The molecule has 0 fully saturated rings. The Morgan fingerprint density at radius 1 is 1.47 bits per heavy atom. The molecule has 2 rings (SSSR count). The van der Waals surface area contributed by atoms with Crippen molar-refractivity contribution in [2.45, 2.75) is 19.4 Å². The minimum atomic E-state index is 0.107. The van der Waals surface area contributed by atoms with Crippen LogP contribution in [0.1, 0.15) is 12.5 Å². The summed E-state index contributed by atoms with van der Waals surface area (Å²) in [6, 6.07) is 5.68. The summed E-state index contributed by atoms with van der Waals surface area (Å²) in [5, 5.41) is 10.8. The molecule has 3 N–H and O–H groups in total. The standard InChI is InChI=1S/C12H16N2O/c1-8(13)6-9-7-14(2)10-4-3-5-11(15)12(9)10/h3-5,7-8,15H,6,13H2,1-2H3. The number of phenols is 1. The molecule has 3 heteroatoms. The molecule has 3 nitrogen and oxygen atoms in total. The van der Waals surface area contributed by atoms with Gasteiger partial charge in [0.25, 0.3) is 0 Å². The van der Waals surface area contributed by atoms with Crippen LogP contribution in [0.25, 0.3) is 10.9 Å². The highest BCUT2D eigenvalue weighted by Gasteiger charge is 2.11. The van der Waals surface area contributed by atoms with Gasteiger partial charge in [-0.25, -0.2) is 0 Å². The second kappa shape index (κ2) is 3.59. The van der Waals surface area contributed by atoms with Gasteiger partial charge in [0, 0.05) is 24.7 Å². The summed E-state index contributed by atoms with van der Waals surface area (Å²) in [4.78, 5) is 0. The van der Waals surface area contributed by atoms with E-state index in [1.54, 1.807) is 6.07 Å². The first-order valence-electron chi connectivity index (χ1n) is 5.11. The fourth-order valence-electron chi connectivity index (χ4n) is 2.02. The molecule has 0 aliphatic heterocycles. The van der Waals surface area contributed by atoms with Crippen molar-refractivity contribution >= 4 is 10.9 Å². The third kappa shape index (κ3) is 1.70. The zero-order valence-corrected chi connectivity index (χ0v) is 9.07. The lowest BCUT2D eigenvalue weighted by Gasteiger charge is -2.03. The SMILES string of the molecule is CC(N)Cc1cn(C)c2cccc(O)c12. The predicted molar refractivity (Wildman–Crippen MR) is 61.9 cm³/mol. The molecule has 1 unspecified atom stereocenters. The van der Waals surface area contributed by atoms with E-state index in [-0.39, 0.29) is 6.04 Å². The number of nitrogens with two attached hydrogens (primary N) is 1. The molecule has 0 radical (unpaired) electrons. The number of benzene rings is 1. The van der Waals surface area contributed by atoms with E-state index < -0.39 is 0 Å². The van der Waals surface area contributed by atoms with Crippen molar-refractivity contribution in [1.29, 1.82) is 0 Å². The molecule has 1 heterocycles. The van der Waals surface area contributed by atoms with Crippen LogP contribution >= 0.6 is 0 Å². The first-order valence-corrected chi connectivity index (χ1v) is 5.11. The number of aromatic nitrogens is 1. The summed E-state index contributed by atoms with van der Waals surface area (Å²) in [5.74, 6) is 0.337. The number of nitrogens with zero attached hydrogens (tertiary/aromatic N) is 1. The number of aromatic hydroxyl groups is 1. The van der Waals surface area contributed by atoms with Gasteiger partial charge < -0.3 is 15.4 Å². The molecule has 1 aromatic carbocycles. The molecule has 2 aromatic rings. The van der Waals surface area contributed by atoms with Crippen LogP contribution in [0.15, 0.2) is 24.4 Å². The highest BCUT2D eigenvalue weighted by atomic mass is 16.3. The van der Waals surface area contributed by atoms with E-state index in [1.165, 1.54) is 0 Å². The van der Waals surface area contributed by atoms with Crippen molar-refractivity contribution in [3.05, 3.63) is 30.0 Å². The Kier molecular flexibility index (Phi) is 2.40. The van der Waals surface area contributed by atoms with Crippen LogP contribution in [0, 0.1) is 0 Å². The Bertz CT molecular complexity index is 486. The van der Waals surface area contributed by atoms with E-state index in [0.717, 1.165) is 22.9 Å². The summed E-state index contributed by atoms with van der Waals surface area (Å²) in [6.45, 7) is 1.97. The van der Waals surface area contributed by atoms with Gasteiger partial charge in [-0.2, -0.15) is 0 Å². The van der Waals surface area contributed by atoms with Gasteiger partial charge in [-0.1, -0.05) is 6.07 Å². The third-order valence-electron chi connectivity index (χ3n) is 2.61. The molecule has 0 amide bonds. The normalized spacial score (nSPS) is 13.3. The van der Waals surface area contributed by atoms with E-state index in [0.29, 0.717) is 5.75 Å². The van der Waals surface area contributed by atoms with Gasteiger partial charge in [0.15, 0.2) is 0 Å². The number of rotatable bonds is 2. The van der Waals surface area contributed by atoms with Crippen molar-refractivity contribution in [1.82, 2.24) is 4.57 Å². The van der Waals surface area contributed by atoms with Crippen molar-refractivity contribution in [3.63, 3.8) is 0 Å². The Morgan fingerprint density at radius 2 is 2.20 bits per heavy atom. The average molecular weight is 204 g/mol. The molecule has 1 aromatic heterocycles. The molecule has 0 aliphatic rings. The number of aryl methyl sites for hydroxylation is 1. The van der Waals surface area contributed by atoms with Crippen LogP contribution in [0.2, 0.25) is 0 Å². The topological polar surface area (TPSA) is 51.2 Å². The van der Waals surface area contributed by atoms with Crippen molar-refractivity contribution in [2.24, 2.45) is 12.8 Å². The molecule has 0 saturated carbocycles. The Morgan fingerprint density at radius 3 is 2.87 bits per heavy atom. The summed E-state index contributed by atoms with van der Waals surface area (Å²) in [5.41, 5.74) is 7.94. The van der Waals surface area contributed by atoms with Gasteiger partial charge in [0.05, 0.1) is 5.52 Å². The fraction of sp³-hybridized carbons (Fsp3) is 0.333. The molecule has 80 valence electrons. The van der Waals surface area contributed by atoms with E-state index >= 15 is 0 Å². The van der Waals surface area contributed by atoms with E-state index in [1.807, 2.05) is 36.9 Å². The summed E-state index contributed by atoms with van der Waals surface area (Å²) in [6.07, 6.45) is 2.82. The van der Waals surface area contributed by atoms with Crippen LogP contribution < -0.4 is 5.73 Å². The Hall–Kier alpha value is -1.48. The first kappa shape index (κ1) is 10.1. The highest BCUT2D eigenvalue weighted by Crippen LogP contribution is 2.29. The second-order valence-electron chi connectivity index (χ2n) is 4.12. The molecule has 0 spiro atoms. The zero-order chi connectivity index (χ0) is 11.0. The number of hydrogen-bond donors (Lipinski definition) is 2. The lowest BCUT2D eigenvalue weighted by atomic mass is 10.1. The zero-order valence-electron chi connectivity index (χ0n) is 9.07. The maximum absolute atomic E-state index is 9.82. The lowest BCUT2D eigenvalue weighted by Crippen LogP contribution is -2.17. The van der Waals surface area contributed by atoms with E-state index in [9.17, 15) is 5.11 Å². The van der Waals surface area contributed by atoms with Crippen molar-refractivity contribution in [3.8, 4) is 5.75 Å². The van der Waals surface area contributed by atoms with Gasteiger partial charge in [0.2, 0.25) is 0 Å². The van der Waals surface area contributed by atoms with Gasteiger partial charge in [0.1, 0.15) is 5.75 Å². The number of fused-ring (bicyclic) bond motifs is 1. The maximum Gasteiger partial charge on any atom is 0.125 e.